The average molecular weight is 365 g/mol. The lowest BCUT2D eigenvalue weighted by molar-refractivity contribution is 0.0629. The summed E-state index contributed by atoms with van der Waals surface area (Å²) in [6.07, 6.45) is 7.65. The molecule has 0 aromatic rings. The minimum absolute atomic E-state index is 0.0710. The number of hydrogen-bond donors (Lipinski definition) is 4. The maximum absolute atomic E-state index is 4.07. The van der Waals surface area contributed by atoms with Crippen molar-refractivity contribution < 1.29 is 0 Å². The molecule has 0 aromatic carbocycles. The Balaban J connectivity index is 1.98. The lowest BCUT2D eigenvalue weighted by Crippen LogP contribution is -2.76. The first-order chi connectivity index (χ1) is 11.8. The molecule has 3 aliphatic rings. The molecule has 3 aliphatic heterocycles. The summed E-state index contributed by atoms with van der Waals surface area (Å²) in [6, 6.07) is 2.01. The van der Waals surface area contributed by atoms with Gasteiger partial charge in [-0.05, 0) is 81.1 Å². The molecule has 152 valence electrons. The molecule has 3 rings (SSSR count). The van der Waals surface area contributed by atoms with E-state index in [1.165, 1.54) is 38.5 Å². The number of hydrogen-bond acceptors (Lipinski definition) is 4. The third kappa shape index (κ3) is 3.99. The Kier molecular flexibility index (Phi) is 5.32. The molecule has 3 fully saturated rings. The third-order valence-corrected chi connectivity index (χ3v) is 7.55. The smallest absolute Gasteiger partial charge is 0.0283 e. The quantitative estimate of drug-likeness (QED) is 0.533. The first kappa shape index (κ1) is 20.6. The van der Waals surface area contributed by atoms with E-state index in [-0.39, 0.29) is 22.2 Å². The summed E-state index contributed by atoms with van der Waals surface area (Å²) in [5, 5.41) is 16.2. The van der Waals surface area contributed by atoms with Gasteiger partial charge in [-0.2, -0.15) is 0 Å². The number of piperidine rings is 2. The largest absolute Gasteiger partial charge is 0.308 e. The van der Waals surface area contributed by atoms with Crippen molar-refractivity contribution in [2.24, 2.45) is 0 Å². The molecule has 4 heteroatoms. The van der Waals surface area contributed by atoms with Gasteiger partial charge in [-0.15, -0.1) is 0 Å². The molecule has 4 atom stereocenters. The van der Waals surface area contributed by atoms with Crippen molar-refractivity contribution in [3.8, 4) is 0 Å². The Hall–Kier alpha value is -0.160. The Morgan fingerprint density at radius 1 is 0.462 bits per heavy atom. The van der Waals surface area contributed by atoms with Crippen LogP contribution in [0.4, 0.5) is 0 Å². The van der Waals surface area contributed by atoms with Crippen LogP contribution in [-0.4, -0.2) is 46.3 Å². The molecule has 4 unspecified atom stereocenters. The second kappa shape index (κ2) is 6.72. The van der Waals surface area contributed by atoms with Gasteiger partial charge in [0.2, 0.25) is 0 Å². The maximum Gasteiger partial charge on any atom is 0.0283 e. The van der Waals surface area contributed by atoms with Crippen molar-refractivity contribution in [1.29, 1.82) is 0 Å². The molecule has 0 radical (unpaired) electrons. The van der Waals surface area contributed by atoms with Gasteiger partial charge in [-0.1, -0.05) is 12.8 Å². The molecule has 4 nitrogen and oxygen atoms in total. The summed E-state index contributed by atoms with van der Waals surface area (Å²) in [4.78, 5) is 0. The van der Waals surface area contributed by atoms with Crippen molar-refractivity contribution in [2.75, 3.05) is 0 Å². The monoisotopic (exact) mass is 364 g/mol. The van der Waals surface area contributed by atoms with E-state index in [1.54, 1.807) is 0 Å². The van der Waals surface area contributed by atoms with E-state index in [0.717, 1.165) is 0 Å². The molecular formula is C22H44N4. The summed E-state index contributed by atoms with van der Waals surface area (Å²) in [5.74, 6) is 0. The predicted molar refractivity (Wildman–Crippen MR) is 112 cm³/mol. The van der Waals surface area contributed by atoms with E-state index < -0.39 is 0 Å². The van der Waals surface area contributed by atoms with Gasteiger partial charge in [0, 0.05) is 46.3 Å². The van der Waals surface area contributed by atoms with Gasteiger partial charge < -0.3 is 21.3 Å². The fourth-order valence-electron chi connectivity index (χ4n) is 6.16. The molecule has 0 aromatic heterocycles. The zero-order chi connectivity index (χ0) is 19.4. The van der Waals surface area contributed by atoms with Gasteiger partial charge in [-0.3, -0.25) is 0 Å². The van der Waals surface area contributed by atoms with Crippen LogP contribution in [0.25, 0.3) is 0 Å². The van der Waals surface area contributed by atoms with Gasteiger partial charge in [0.25, 0.3) is 0 Å². The Morgan fingerprint density at radius 2 is 0.692 bits per heavy atom. The summed E-state index contributed by atoms with van der Waals surface area (Å²) in [6.45, 7) is 19.2. The van der Waals surface area contributed by atoms with Crippen LogP contribution in [0.1, 0.15) is 93.9 Å². The van der Waals surface area contributed by atoms with Crippen LogP contribution >= 0.6 is 0 Å². The van der Waals surface area contributed by atoms with Crippen molar-refractivity contribution in [1.82, 2.24) is 21.3 Å². The highest BCUT2D eigenvalue weighted by molar-refractivity contribution is 5.11. The fraction of sp³-hybridized carbons (Fsp3) is 1.00. The molecule has 0 spiro atoms. The number of rotatable bonds is 0. The topological polar surface area (TPSA) is 48.1 Å². The van der Waals surface area contributed by atoms with Crippen LogP contribution in [0.15, 0.2) is 0 Å². The fourth-order valence-corrected chi connectivity index (χ4v) is 6.16. The van der Waals surface area contributed by atoms with Gasteiger partial charge in [0.1, 0.15) is 0 Å². The molecule has 0 aliphatic carbocycles. The van der Waals surface area contributed by atoms with Crippen LogP contribution in [0.2, 0.25) is 0 Å². The number of nitrogens with one attached hydrogen (secondary N) is 4. The van der Waals surface area contributed by atoms with E-state index >= 15 is 0 Å². The highest BCUT2D eigenvalue weighted by atomic mass is 15.2. The molecule has 26 heavy (non-hydrogen) atoms. The molecule has 3 heterocycles. The summed E-state index contributed by atoms with van der Waals surface area (Å²) >= 11 is 0. The first-order valence-corrected chi connectivity index (χ1v) is 10.9. The minimum atomic E-state index is 0.0710. The van der Waals surface area contributed by atoms with Gasteiger partial charge in [0.05, 0.1) is 0 Å². The van der Waals surface area contributed by atoms with Gasteiger partial charge >= 0.3 is 0 Å². The second-order valence-corrected chi connectivity index (χ2v) is 11.5. The van der Waals surface area contributed by atoms with Crippen molar-refractivity contribution in [3.05, 3.63) is 0 Å². The van der Waals surface area contributed by atoms with E-state index in [0.29, 0.717) is 24.2 Å². The summed E-state index contributed by atoms with van der Waals surface area (Å²) in [7, 11) is 0. The standard InChI is InChI=1S/C22H44N4/c1-19(2)15-11-9-12-17(23-15)21(5,6)26-22(7,8)18-14-10-13-16(24-18)20(3,4)25-19/h15-18,23-26H,9-14H2,1-8H3. The third-order valence-electron chi connectivity index (χ3n) is 7.55. The SMILES string of the molecule is CC1(C)NC(C)(C)C2CCCC(N2)C(C)(C)NC(C)(C)C2CCCC1N2. The van der Waals surface area contributed by atoms with E-state index in [1.807, 2.05) is 0 Å². The molecule has 0 saturated carbocycles. The van der Waals surface area contributed by atoms with Crippen molar-refractivity contribution in [2.45, 2.75) is 140 Å². The average Bonchev–Trinajstić information content (AvgIpc) is 2.52. The zero-order valence-electron chi connectivity index (χ0n) is 18.6. The first-order valence-electron chi connectivity index (χ1n) is 10.9. The van der Waals surface area contributed by atoms with Crippen LogP contribution < -0.4 is 21.3 Å². The molecule has 4 bridgehead atoms. The van der Waals surface area contributed by atoms with Gasteiger partial charge in [-0.25, -0.2) is 0 Å². The zero-order valence-corrected chi connectivity index (χ0v) is 18.6. The Morgan fingerprint density at radius 3 is 0.923 bits per heavy atom. The van der Waals surface area contributed by atoms with E-state index in [4.69, 9.17) is 0 Å². The van der Waals surface area contributed by atoms with Crippen molar-refractivity contribution in [3.63, 3.8) is 0 Å². The lowest BCUT2D eigenvalue weighted by Gasteiger charge is -2.55. The number of fused-ring (bicyclic) bond motifs is 4. The summed E-state index contributed by atoms with van der Waals surface area (Å²) in [5.41, 5.74) is 0.284. The molecule has 4 N–H and O–H groups in total. The van der Waals surface area contributed by atoms with Gasteiger partial charge in [0.15, 0.2) is 0 Å². The predicted octanol–water partition coefficient (Wildman–Crippen LogP) is 3.32. The summed E-state index contributed by atoms with van der Waals surface area (Å²) < 4.78 is 0. The Labute approximate surface area is 162 Å². The van der Waals surface area contributed by atoms with E-state index in [9.17, 15) is 0 Å². The van der Waals surface area contributed by atoms with Crippen LogP contribution in [0.5, 0.6) is 0 Å². The highest BCUT2D eigenvalue weighted by Crippen LogP contribution is 2.34. The van der Waals surface area contributed by atoms with Crippen LogP contribution in [0, 0.1) is 0 Å². The van der Waals surface area contributed by atoms with Crippen molar-refractivity contribution >= 4 is 0 Å². The normalized spacial score (nSPS) is 41.5. The maximum atomic E-state index is 4.07. The minimum Gasteiger partial charge on any atom is -0.308 e. The molecule has 3 saturated heterocycles. The second-order valence-electron chi connectivity index (χ2n) is 11.5. The van der Waals surface area contributed by atoms with E-state index in [2.05, 4.69) is 76.7 Å². The molecule has 0 amide bonds. The lowest BCUT2D eigenvalue weighted by atomic mass is 9.74. The van der Waals surface area contributed by atoms with Crippen LogP contribution in [0.3, 0.4) is 0 Å². The molecular weight excluding hydrogens is 320 g/mol. The Bertz CT molecular complexity index is 422. The van der Waals surface area contributed by atoms with Crippen LogP contribution in [-0.2, 0) is 0 Å². The highest BCUT2D eigenvalue weighted by Gasteiger charge is 2.47.